The number of nitrogen functional groups attached to an aromatic ring is 1. The van der Waals surface area contributed by atoms with Crippen LogP contribution in [0.5, 0.6) is 0 Å². The highest BCUT2D eigenvalue weighted by atomic mass is 79.9. The lowest BCUT2D eigenvalue weighted by molar-refractivity contribution is 0.581. The highest BCUT2D eigenvalue weighted by molar-refractivity contribution is 9.10. The predicted molar refractivity (Wildman–Crippen MR) is 86.4 cm³/mol. The van der Waals surface area contributed by atoms with Crippen LogP contribution in [0.25, 0.3) is 0 Å². The largest absolute Gasteiger partial charge is 0.383 e. The molecule has 0 atom stereocenters. The molecule has 2 rings (SSSR count). The van der Waals surface area contributed by atoms with Crippen LogP contribution in [0.15, 0.2) is 45.9 Å². The highest BCUT2D eigenvalue weighted by Crippen LogP contribution is 2.20. The van der Waals surface area contributed by atoms with Crippen LogP contribution in [-0.2, 0) is 16.4 Å². The molecule has 0 fully saturated rings. The number of pyridine rings is 1. The Balaban J connectivity index is 2.08. The van der Waals surface area contributed by atoms with E-state index in [0.717, 1.165) is 11.1 Å². The third-order valence-corrected chi connectivity index (χ3v) is 5.01. The number of nitrogens with two attached hydrogens (primary N) is 1. The SMILES string of the molecule is Cc1ccccc1CCNS(=O)(=O)c1cc(Br)cnc1N. The fourth-order valence-corrected chi connectivity index (χ4v) is 3.55. The van der Waals surface area contributed by atoms with Crippen molar-refractivity contribution >= 4 is 31.8 Å². The highest BCUT2D eigenvalue weighted by Gasteiger charge is 2.18. The maximum atomic E-state index is 12.2. The minimum absolute atomic E-state index is 0.0124. The molecule has 1 aromatic carbocycles. The molecule has 2 aromatic rings. The molecule has 0 amide bonds. The molecule has 0 aliphatic rings. The number of aryl methyl sites for hydroxylation is 1. The molecule has 21 heavy (non-hydrogen) atoms. The minimum atomic E-state index is -3.66. The van der Waals surface area contributed by atoms with Crippen molar-refractivity contribution in [1.29, 1.82) is 0 Å². The fraction of sp³-hybridized carbons (Fsp3) is 0.214. The summed E-state index contributed by atoms with van der Waals surface area (Å²) in [6.45, 7) is 2.30. The van der Waals surface area contributed by atoms with Gasteiger partial charge in [0.05, 0.1) is 0 Å². The van der Waals surface area contributed by atoms with Crippen LogP contribution in [-0.4, -0.2) is 19.9 Å². The summed E-state index contributed by atoms with van der Waals surface area (Å²) in [5, 5.41) is 0. The Kier molecular flexibility index (Phi) is 4.97. The second-order valence-electron chi connectivity index (χ2n) is 4.61. The number of hydrogen-bond donors (Lipinski definition) is 2. The van der Waals surface area contributed by atoms with E-state index in [1.807, 2.05) is 31.2 Å². The smallest absolute Gasteiger partial charge is 0.244 e. The van der Waals surface area contributed by atoms with Gasteiger partial charge in [0.1, 0.15) is 10.7 Å². The molecule has 0 bridgehead atoms. The summed E-state index contributed by atoms with van der Waals surface area (Å²) in [6, 6.07) is 9.32. The van der Waals surface area contributed by atoms with Gasteiger partial charge >= 0.3 is 0 Å². The van der Waals surface area contributed by atoms with Gasteiger partial charge in [-0.1, -0.05) is 24.3 Å². The first-order chi connectivity index (χ1) is 9.90. The van der Waals surface area contributed by atoms with E-state index >= 15 is 0 Å². The van der Waals surface area contributed by atoms with Crippen molar-refractivity contribution in [3.05, 3.63) is 52.1 Å². The average molecular weight is 370 g/mol. The molecule has 0 spiro atoms. The summed E-state index contributed by atoms with van der Waals surface area (Å²) in [6.07, 6.45) is 2.08. The average Bonchev–Trinajstić information content (AvgIpc) is 2.43. The maximum absolute atomic E-state index is 12.2. The lowest BCUT2D eigenvalue weighted by Crippen LogP contribution is -2.27. The van der Waals surface area contributed by atoms with E-state index in [2.05, 4.69) is 25.6 Å². The normalized spacial score (nSPS) is 11.5. The Labute approximate surface area is 132 Å². The molecule has 3 N–H and O–H groups in total. The first-order valence-corrected chi connectivity index (χ1v) is 8.63. The first kappa shape index (κ1) is 15.9. The summed E-state index contributed by atoms with van der Waals surface area (Å²) >= 11 is 3.19. The Morgan fingerprint density at radius 1 is 1.33 bits per heavy atom. The summed E-state index contributed by atoms with van der Waals surface area (Å²) in [4.78, 5) is 3.82. The van der Waals surface area contributed by atoms with Crippen molar-refractivity contribution in [3.63, 3.8) is 0 Å². The molecule has 0 aliphatic heterocycles. The van der Waals surface area contributed by atoms with Crippen molar-refractivity contribution in [3.8, 4) is 0 Å². The van der Waals surface area contributed by atoms with Crippen LogP contribution in [0, 0.1) is 6.92 Å². The maximum Gasteiger partial charge on any atom is 0.244 e. The Bertz CT molecular complexity index is 748. The number of aromatic nitrogens is 1. The minimum Gasteiger partial charge on any atom is -0.383 e. The predicted octanol–water partition coefficient (Wildman–Crippen LogP) is 2.26. The molecule has 0 saturated heterocycles. The topological polar surface area (TPSA) is 85.1 Å². The van der Waals surface area contributed by atoms with Crippen LogP contribution >= 0.6 is 15.9 Å². The van der Waals surface area contributed by atoms with Gasteiger partial charge in [0.25, 0.3) is 0 Å². The molecule has 1 aromatic heterocycles. The lowest BCUT2D eigenvalue weighted by Gasteiger charge is -2.10. The lowest BCUT2D eigenvalue weighted by atomic mass is 10.1. The molecule has 0 saturated carbocycles. The number of rotatable bonds is 5. The van der Waals surface area contributed by atoms with E-state index in [9.17, 15) is 8.42 Å². The number of benzene rings is 1. The van der Waals surface area contributed by atoms with Gasteiger partial charge in [-0.2, -0.15) is 0 Å². The van der Waals surface area contributed by atoms with Crippen LogP contribution in [0.4, 0.5) is 5.82 Å². The zero-order chi connectivity index (χ0) is 15.5. The van der Waals surface area contributed by atoms with Gasteiger partial charge in [0.15, 0.2) is 0 Å². The number of nitrogens with zero attached hydrogens (tertiary/aromatic N) is 1. The molecule has 112 valence electrons. The van der Waals surface area contributed by atoms with Crippen molar-refractivity contribution in [1.82, 2.24) is 9.71 Å². The summed E-state index contributed by atoms with van der Waals surface area (Å²) in [5.74, 6) is -0.0124. The standard InChI is InChI=1S/C14H16BrN3O2S/c1-10-4-2-3-5-11(10)6-7-18-21(19,20)13-8-12(15)9-17-14(13)16/h2-5,8-9,18H,6-7H2,1H3,(H2,16,17). The van der Waals surface area contributed by atoms with E-state index in [1.165, 1.54) is 12.3 Å². The van der Waals surface area contributed by atoms with E-state index in [4.69, 9.17) is 5.73 Å². The second-order valence-corrected chi connectivity index (χ2v) is 7.26. The summed E-state index contributed by atoms with van der Waals surface area (Å²) in [5.41, 5.74) is 7.88. The van der Waals surface area contributed by atoms with Crippen molar-refractivity contribution in [2.45, 2.75) is 18.2 Å². The molecule has 7 heteroatoms. The van der Waals surface area contributed by atoms with E-state index < -0.39 is 10.0 Å². The Morgan fingerprint density at radius 2 is 2.05 bits per heavy atom. The van der Waals surface area contributed by atoms with Gasteiger partial charge in [-0.25, -0.2) is 18.1 Å². The fourth-order valence-electron chi connectivity index (χ4n) is 1.93. The van der Waals surface area contributed by atoms with Crippen molar-refractivity contribution in [2.75, 3.05) is 12.3 Å². The zero-order valence-electron chi connectivity index (χ0n) is 11.5. The molecule has 5 nitrogen and oxygen atoms in total. The Hall–Kier alpha value is -1.44. The number of hydrogen-bond acceptors (Lipinski definition) is 4. The van der Waals surface area contributed by atoms with Gasteiger partial charge < -0.3 is 5.73 Å². The molecule has 0 radical (unpaired) electrons. The third kappa shape index (κ3) is 4.03. The quantitative estimate of drug-likeness (QED) is 0.846. The molecule has 0 aliphatic carbocycles. The van der Waals surface area contributed by atoms with Crippen molar-refractivity contribution in [2.24, 2.45) is 0 Å². The second kappa shape index (κ2) is 6.55. The summed E-state index contributed by atoms with van der Waals surface area (Å²) < 4.78 is 27.6. The monoisotopic (exact) mass is 369 g/mol. The molecular weight excluding hydrogens is 354 g/mol. The molecule has 1 heterocycles. The number of halogens is 1. The van der Waals surface area contributed by atoms with E-state index in [-0.39, 0.29) is 10.7 Å². The molecular formula is C14H16BrN3O2S. The number of nitrogens with one attached hydrogen (secondary N) is 1. The van der Waals surface area contributed by atoms with Crippen LogP contribution < -0.4 is 10.5 Å². The van der Waals surface area contributed by atoms with Gasteiger partial charge in [0.2, 0.25) is 10.0 Å². The summed E-state index contributed by atoms with van der Waals surface area (Å²) in [7, 11) is -3.66. The Morgan fingerprint density at radius 3 is 2.76 bits per heavy atom. The van der Waals surface area contributed by atoms with E-state index in [0.29, 0.717) is 17.4 Å². The molecule has 0 unspecified atom stereocenters. The van der Waals surface area contributed by atoms with Crippen LogP contribution in [0.3, 0.4) is 0 Å². The van der Waals surface area contributed by atoms with Gasteiger partial charge in [-0.05, 0) is 46.5 Å². The van der Waals surface area contributed by atoms with Gasteiger partial charge in [0, 0.05) is 17.2 Å². The van der Waals surface area contributed by atoms with Crippen molar-refractivity contribution < 1.29 is 8.42 Å². The van der Waals surface area contributed by atoms with E-state index in [1.54, 1.807) is 0 Å². The van der Waals surface area contributed by atoms with Crippen LogP contribution in [0.2, 0.25) is 0 Å². The van der Waals surface area contributed by atoms with Gasteiger partial charge in [-0.3, -0.25) is 0 Å². The first-order valence-electron chi connectivity index (χ1n) is 6.35. The number of sulfonamides is 1. The van der Waals surface area contributed by atoms with Gasteiger partial charge in [-0.15, -0.1) is 0 Å². The third-order valence-electron chi connectivity index (χ3n) is 3.09. The van der Waals surface area contributed by atoms with Crippen LogP contribution in [0.1, 0.15) is 11.1 Å². The number of anilines is 1. The zero-order valence-corrected chi connectivity index (χ0v) is 13.9.